The lowest BCUT2D eigenvalue weighted by Gasteiger charge is -2.11. The Morgan fingerprint density at radius 3 is 2.57 bits per heavy atom. The van der Waals surface area contributed by atoms with Gasteiger partial charge in [-0.2, -0.15) is 0 Å². The molecule has 0 atom stereocenters. The van der Waals surface area contributed by atoms with Gasteiger partial charge in [0.15, 0.2) is 5.78 Å². The van der Waals surface area contributed by atoms with Gasteiger partial charge in [-0.3, -0.25) is 9.59 Å². The molecule has 1 heterocycles. The van der Waals surface area contributed by atoms with Gasteiger partial charge >= 0.3 is 0 Å². The van der Waals surface area contributed by atoms with Gasteiger partial charge in [-0.1, -0.05) is 23.8 Å². The second-order valence-corrected chi connectivity index (χ2v) is 5.62. The molecule has 0 radical (unpaired) electrons. The predicted molar refractivity (Wildman–Crippen MR) is 82.9 cm³/mol. The Morgan fingerprint density at radius 2 is 1.86 bits per heavy atom. The molecule has 106 valence electrons. The minimum Gasteiger partial charge on any atom is -0.315 e. The number of hydrogen-bond acceptors (Lipinski definition) is 2. The molecule has 1 aliphatic heterocycles. The minimum absolute atomic E-state index is 0.0114. The lowest BCUT2D eigenvalue weighted by Crippen LogP contribution is -2.20. The Hall–Kier alpha value is -2.42. The van der Waals surface area contributed by atoms with Crippen molar-refractivity contribution in [3.05, 3.63) is 64.2 Å². The molecule has 0 bridgehead atoms. The van der Waals surface area contributed by atoms with Crippen molar-refractivity contribution < 1.29 is 9.59 Å². The Balaban J connectivity index is 2.00. The molecule has 3 heteroatoms. The zero-order valence-corrected chi connectivity index (χ0v) is 12.4. The molecule has 0 aromatic heterocycles. The van der Waals surface area contributed by atoms with Crippen LogP contribution in [0, 0.1) is 13.8 Å². The van der Waals surface area contributed by atoms with E-state index in [0.717, 1.165) is 27.9 Å². The van der Waals surface area contributed by atoms with Crippen LogP contribution in [0.3, 0.4) is 0 Å². The van der Waals surface area contributed by atoms with Crippen LogP contribution in [0.5, 0.6) is 0 Å². The van der Waals surface area contributed by atoms with Crippen molar-refractivity contribution in [1.82, 2.24) is 0 Å². The monoisotopic (exact) mass is 279 g/mol. The van der Waals surface area contributed by atoms with E-state index in [1.807, 2.05) is 44.2 Å². The van der Waals surface area contributed by atoms with E-state index in [0.29, 0.717) is 12.0 Å². The fourth-order valence-electron chi connectivity index (χ4n) is 2.84. The van der Waals surface area contributed by atoms with Crippen LogP contribution in [-0.4, -0.2) is 18.7 Å². The van der Waals surface area contributed by atoms with Crippen molar-refractivity contribution in [2.24, 2.45) is 0 Å². The third-order valence-electron chi connectivity index (χ3n) is 4.05. The number of anilines is 1. The molecule has 2 aromatic carbocycles. The van der Waals surface area contributed by atoms with Gasteiger partial charge in [-0.25, -0.2) is 0 Å². The maximum Gasteiger partial charge on any atom is 0.231 e. The van der Waals surface area contributed by atoms with Gasteiger partial charge in [0.05, 0.1) is 6.42 Å². The van der Waals surface area contributed by atoms with E-state index in [-0.39, 0.29) is 11.7 Å². The molecule has 0 N–H and O–H groups in total. The molecule has 3 rings (SSSR count). The van der Waals surface area contributed by atoms with Crippen LogP contribution in [-0.2, 0) is 11.2 Å². The average Bonchev–Trinajstić information content (AvgIpc) is 2.73. The molecule has 1 amide bonds. The summed E-state index contributed by atoms with van der Waals surface area (Å²) in [6.45, 7) is 3.96. The van der Waals surface area contributed by atoms with Gasteiger partial charge in [0, 0.05) is 23.9 Å². The van der Waals surface area contributed by atoms with Crippen LogP contribution in [0.15, 0.2) is 36.4 Å². The fraction of sp³-hybridized carbons (Fsp3) is 0.222. The maximum absolute atomic E-state index is 12.6. The van der Waals surface area contributed by atoms with Gasteiger partial charge < -0.3 is 4.90 Å². The van der Waals surface area contributed by atoms with Gasteiger partial charge in [-0.05, 0) is 43.2 Å². The van der Waals surface area contributed by atoms with Gasteiger partial charge in [0.2, 0.25) is 5.91 Å². The number of likely N-dealkylation sites (N-methyl/N-ethyl adjacent to an activating group) is 1. The molecule has 2 aromatic rings. The summed E-state index contributed by atoms with van der Waals surface area (Å²) in [4.78, 5) is 26.0. The maximum atomic E-state index is 12.6. The van der Waals surface area contributed by atoms with Crippen LogP contribution in [0.2, 0.25) is 0 Å². The van der Waals surface area contributed by atoms with Crippen molar-refractivity contribution in [2.45, 2.75) is 20.3 Å². The normalized spacial score (nSPS) is 13.5. The first-order valence-electron chi connectivity index (χ1n) is 6.99. The molecule has 21 heavy (non-hydrogen) atoms. The van der Waals surface area contributed by atoms with Crippen LogP contribution in [0.4, 0.5) is 5.69 Å². The summed E-state index contributed by atoms with van der Waals surface area (Å²) in [5.74, 6) is 0.0819. The van der Waals surface area contributed by atoms with Gasteiger partial charge in [-0.15, -0.1) is 0 Å². The number of rotatable bonds is 2. The second kappa shape index (κ2) is 4.85. The number of carbonyl (C=O) groups is 2. The van der Waals surface area contributed by atoms with Crippen molar-refractivity contribution in [2.75, 3.05) is 11.9 Å². The minimum atomic E-state index is 0.0114. The molecule has 3 nitrogen and oxygen atoms in total. The highest BCUT2D eigenvalue weighted by Gasteiger charge is 2.25. The number of benzene rings is 2. The third kappa shape index (κ3) is 2.25. The number of nitrogens with zero attached hydrogens (tertiary/aromatic N) is 1. The lowest BCUT2D eigenvalue weighted by atomic mass is 9.96. The SMILES string of the molecule is Cc1ccc(C(=O)c2ccc3c(c2)CC(=O)N3C)c(C)c1. The molecule has 0 saturated carbocycles. The standard InChI is InChI=1S/C18H17NO2/c1-11-4-6-15(12(2)8-11)18(21)13-5-7-16-14(9-13)10-17(20)19(16)3/h4-9H,10H2,1-3H3. The van der Waals surface area contributed by atoms with E-state index in [1.165, 1.54) is 0 Å². The molecule has 0 spiro atoms. The summed E-state index contributed by atoms with van der Waals surface area (Å²) < 4.78 is 0. The van der Waals surface area contributed by atoms with Crippen molar-refractivity contribution in [3.63, 3.8) is 0 Å². The molecular weight excluding hydrogens is 262 g/mol. The Morgan fingerprint density at radius 1 is 1.10 bits per heavy atom. The van der Waals surface area contributed by atoms with Crippen LogP contribution in [0.25, 0.3) is 0 Å². The predicted octanol–water partition coefficient (Wildman–Crippen LogP) is 3.05. The highest BCUT2D eigenvalue weighted by Crippen LogP contribution is 2.29. The van der Waals surface area contributed by atoms with Crippen molar-refractivity contribution in [1.29, 1.82) is 0 Å². The molecule has 0 saturated heterocycles. The van der Waals surface area contributed by atoms with Crippen molar-refractivity contribution in [3.8, 4) is 0 Å². The van der Waals surface area contributed by atoms with Crippen molar-refractivity contribution >= 4 is 17.4 Å². The molecule has 0 fully saturated rings. The second-order valence-electron chi connectivity index (χ2n) is 5.62. The van der Waals surface area contributed by atoms with E-state index in [2.05, 4.69) is 0 Å². The van der Waals surface area contributed by atoms with E-state index < -0.39 is 0 Å². The number of aryl methyl sites for hydroxylation is 2. The first kappa shape index (κ1) is 13.6. The summed E-state index contributed by atoms with van der Waals surface area (Å²) in [5.41, 5.74) is 5.32. The average molecular weight is 279 g/mol. The van der Waals surface area contributed by atoms with E-state index >= 15 is 0 Å². The first-order valence-corrected chi connectivity index (χ1v) is 6.99. The smallest absolute Gasteiger partial charge is 0.231 e. The molecular formula is C18H17NO2. The Bertz CT molecular complexity index is 762. The van der Waals surface area contributed by atoms with Gasteiger partial charge in [0.25, 0.3) is 0 Å². The number of carbonyl (C=O) groups excluding carboxylic acids is 2. The highest BCUT2D eigenvalue weighted by atomic mass is 16.2. The topological polar surface area (TPSA) is 37.4 Å². The number of hydrogen-bond donors (Lipinski definition) is 0. The van der Waals surface area contributed by atoms with E-state index in [1.54, 1.807) is 18.0 Å². The summed E-state index contributed by atoms with van der Waals surface area (Å²) in [7, 11) is 1.76. The lowest BCUT2D eigenvalue weighted by molar-refractivity contribution is -0.117. The van der Waals surface area contributed by atoms with E-state index in [4.69, 9.17) is 0 Å². The van der Waals surface area contributed by atoms with Gasteiger partial charge in [0.1, 0.15) is 0 Å². The molecule has 1 aliphatic rings. The first-order chi connectivity index (χ1) is 9.97. The number of fused-ring (bicyclic) bond motifs is 1. The summed E-state index contributed by atoms with van der Waals surface area (Å²) in [6.07, 6.45) is 0.375. The molecule has 0 unspecified atom stereocenters. The summed E-state index contributed by atoms with van der Waals surface area (Å²) >= 11 is 0. The fourth-order valence-corrected chi connectivity index (χ4v) is 2.84. The highest BCUT2D eigenvalue weighted by molar-refractivity contribution is 6.11. The third-order valence-corrected chi connectivity index (χ3v) is 4.05. The number of amides is 1. The zero-order valence-electron chi connectivity index (χ0n) is 12.4. The van der Waals surface area contributed by atoms with Crippen LogP contribution >= 0.6 is 0 Å². The summed E-state index contributed by atoms with van der Waals surface area (Å²) in [5, 5.41) is 0. The quantitative estimate of drug-likeness (QED) is 0.792. The Kier molecular flexibility index (Phi) is 3.13. The van der Waals surface area contributed by atoms with E-state index in [9.17, 15) is 9.59 Å². The van der Waals surface area contributed by atoms with Crippen LogP contribution in [0.1, 0.15) is 32.6 Å². The largest absolute Gasteiger partial charge is 0.315 e. The zero-order chi connectivity index (χ0) is 15.1. The summed E-state index contributed by atoms with van der Waals surface area (Å²) in [6, 6.07) is 11.3. The number of ketones is 1. The Labute approximate surface area is 124 Å². The van der Waals surface area contributed by atoms with Crippen LogP contribution < -0.4 is 4.90 Å². The molecule has 0 aliphatic carbocycles.